The van der Waals surface area contributed by atoms with Crippen LogP contribution in [0.3, 0.4) is 0 Å². The van der Waals surface area contributed by atoms with Crippen molar-refractivity contribution in [3.63, 3.8) is 0 Å². The Balaban J connectivity index is 1.42. The monoisotopic (exact) mass is 390 g/mol. The summed E-state index contributed by atoms with van der Waals surface area (Å²) in [5, 5.41) is 12.5. The molecule has 0 spiro atoms. The average molecular weight is 390 g/mol. The fraction of sp³-hybridized carbons (Fsp3) is 0.318. The van der Waals surface area contributed by atoms with Crippen LogP contribution in [0, 0.1) is 31.1 Å². The predicted molar refractivity (Wildman–Crippen MR) is 108 cm³/mol. The lowest BCUT2D eigenvalue weighted by Crippen LogP contribution is -2.38. The van der Waals surface area contributed by atoms with Gasteiger partial charge in [0.15, 0.2) is 5.76 Å². The van der Waals surface area contributed by atoms with E-state index in [9.17, 15) is 10.1 Å². The summed E-state index contributed by atoms with van der Waals surface area (Å²) in [6, 6.07) is 11.6. The Bertz CT molecular complexity index is 1050. The minimum Gasteiger partial charge on any atom is -0.459 e. The summed E-state index contributed by atoms with van der Waals surface area (Å²) in [6.07, 6.45) is 2.89. The molecule has 1 aromatic carbocycles. The highest BCUT2D eigenvalue weighted by atomic mass is 16.4. The van der Waals surface area contributed by atoms with Crippen molar-refractivity contribution in [3.8, 4) is 17.7 Å². The van der Waals surface area contributed by atoms with Crippen LogP contribution in [0.4, 0.5) is 11.6 Å². The predicted octanol–water partition coefficient (Wildman–Crippen LogP) is 4.28. The lowest BCUT2D eigenvalue weighted by atomic mass is 9.95. The van der Waals surface area contributed by atoms with Gasteiger partial charge in [-0.05, 0) is 50.5 Å². The SMILES string of the molecule is Cc1ccc(NC(=O)C2CCN(c3oc(-c4ccco4)nc3C#N)CC2)c(C)c1. The maximum Gasteiger partial charge on any atom is 0.266 e. The van der Waals surface area contributed by atoms with Crippen LogP contribution in [0.1, 0.15) is 29.7 Å². The number of oxazole rings is 1. The second-order valence-corrected chi connectivity index (χ2v) is 7.33. The summed E-state index contributed by atoms with van der Waals surface area (Å²) in [7, 11) is 0. The fourth-order valence-electron chi connectivity index (χ4n) is 3.64. The van der Waals surface area contributed by atoms with Crippen molar-refractivity contribution in [3.05, 3.63) is 53.4 Å². The molecule has 0 bridgehead atoms. The van der Waals surface area contributed by atoms with Gasteiger partial charge in [-0.1, -0.05) is 17.7 Å². The second-order valence-electron chi connectivity index (χ2n) is 7.33. The normalized spacial score (nSPS) is 14.6. The largest absolute Gasteiger partial charge is 0.459 e. The Labute approximate surface area is 168 Å². The minimum atomic E-state index is -0.0787. The second kappa shape index (κ2) is 7.84. The van der Waals surface area contributed by atoms with Gasteiger partial charge in [0.1, 0.15) is 6.07 Å². The lowest BCUT2D eigenvalue weighted by Gasteiger charge is -2.31. The summed E-state index contributed by atoms with van der Waals surface area (Å²) in [5.74, 6) is 1.16. The highest BCUT2D eigenvalue weighted by Gasteiger charge is 2.29. The van der Waals surface area contributed by atoms with Crippen LogP contribution in [0.5, 0.6) is 0 Å². The molecule has 0 saturated carbocycles. The summed E-state index contributed by atoms with van der Waals surface area (Å²) in [6.45, 7) is 5.26. The molecule has 1 fully saturated rings. The number of rotatable bonds is 4. The van der Waals surface area contributed by atoms with Crippen LogP contribution in [0.15, 0.2) is 45.4 Å². The van der Waals surface area contributed by atoms with E-state index in [2.05, 4.69) is 22.4 Å². The fourth-order valence-corrected chi connectivity index (χ4v) is 3.64. The molecule has 3 heterocycles. The number of nitrogens with one attached hydrogen (secondary N) is 1. The maximum atomic E-state index is 12.7. The van der Waals surface area contributed by atoms with Crippen LogP contribution in [0.25, 0.3) is 11.7 Å². The first-order valence-electron chi connectivity index (χ1n) is 9.63. The quantitative estimate of drug-likeness (QED) is 0.714. The highest BCUT2D eigenvalue weighted by Crippen LogP contribution is 2.31. The van der Waals surface area contributed by atoms with Crippen molar-refractivity contribution in [1.29, 1.82) is 5.26 Å². The molecule has 1 aliphatic rings. The van der Waals surface area contributed by atoms with Crippen LogP contribution in [-0.2, 0) is 4.79 Å². The number of furan rings is 1. The number of piperidine rings is 1. The van der Waals surface area contributed by atoms with Crippen molar-refractivity contribution in [1.82, 2.24) is 4.98 Å². The summed E-state index contributed by atoms with van der Waals surface area (Å²) >= 11 is 0. The summed E-state index contributed by atoms with van der Waals surface area (Å²) in [4.78, 5) is 18.9. The highest BCUT2D eigenvalue weighted by molar-refractivity contribution is 5.93. The molecule has 1 aliphatic heterocycles. The van der Waals surface area contributed by atoms with Crippen LogP contribution in [0.2, 0.25) is 0 Å². The number of anilines is 2. The van der Waals surface area contributed by atoms with E-state index >= 15 is 0 Å². The zero-order valence-corrected chi connectivity index (χ0v) is 16.4. The molecule has 0 atom stereocenters. The van der Waals surface area contributed by atoms with Gasteiger partial charge in [-0.2, -0.15) is 10.2 Å². The molecule has 3 aromatic rings. The molecule has 1 saturated heterocycles. The molecule has 0 radical (unpaired) electrons. The number of carbonyl (C=O) groups excluding carboxylic acids is 1. The third-order valence-electron chi connectivity index (χ3n) is 5.24. The van der Waals surface area contributed by atoms with Gasteiger partial charge in [-0.25, -0.2) is 0 Å². The van der Waals surface area contributed by atoms with Crippen molar-refractivity contribution >= 4 is 17.5 Å². The van der Waals surface area contributed by atoms with Gasteiger partial charge < -0.3 is 19.1 Å². The number of benzene rings is 1. The molecular weight excluding hydrogens is 368 g/mol. The zero-order valence-electron chi connectivity index (χ0n) is 16.4. The third kappa shape index (κ3) is 3.87. The molecular formula is C22H22N4O3. The first kappa shape index (κ1) is 18.8. The van der Waals surface area contributed by atoms with Gasteiger partial charge in [-0.15, -0.1) is 0 Å². The minimum absolute atomic E-state index is 0.0333. The molecule has 0 aliphatic carbocycles. The Morgan fingerprint density at radius 2 is 2.07 bits per heavy atom. The third-order valence-corrected chi connectivity index (χ3v) is 5.24. The van der Waals surface area contributed by atoms with Crippen LogP contribution >= 0.6 is 0 Å². The van der Waals surface area contributed by atoms with Crippen molar-refractivity contribution < 1.29 is 13.6 Å². The summed E-state index contributed by atoms with van der Waals surface area (Å²) in [5.41, 5.74) is 3.31. The number of nitrogens with zero attached hydrogens (tertiary/aromatic N) is 3. The number of hydrogen-bond acceptors (Lipinski definition) is 6. The lowest BCUT2D eigenvalue weighted by molar-refractivity contribution is -0.120. The number of aryl methyl sites for hydroxylation is 2. The molecule has 2 aromatic heterocycles. The van der Waals surface area contributed by atoms with Crippen molar-refractivity contribution in [2.45, 2.75) is 26.7 Å². The molecule has 29 heavy (non-hydrogen) atoms. The van der Waals surface area contributed by atoms with Gasteiger partial charge in [-0.3, -0.25) is 4.79 Å². The molecule has 4 rings (SSSR count). The number of amides is 1. The number of carbonyl (C=O) groups is 1. The number of hydrogen-bond donors (Lipinski definition) is 1. The van der Waals surface area contributed by atoms with Gasteiger partial charge in [0.05, 0.1) is 6.26 Å². The molecule has 1 N–H and O–H groups in total. The van der Waals surface area contributed by atoms with Crippen molar-refractivity contribution in [2.75, 3.05) is 23.3 Å². The van der Waals surface area contributed by atoms with Gasteiger partial charge >= 0.3 is 0 Å². The first-order valence-corrected chi connectivity index (χ1v) is 9.63. The number of aromatic nitrogens is 1. The number of nitriles is 1. The van der Waals surface area contributed by atoms with Crippen LogP contribution < -0.4 is 10.2 Å². The molecule has 7 nitrogen and oxygen atoms in total. The Kier molecular flexibility index (Phi) is 5.09. The Morgan fingerprint density at radius 1 is 1.28 bits per heavy atom. The molecule has 0 unspecified atom stereocenters. The van der Waals surface area contributed by atoms with Gasteiger partial charge in [0, 0.05) is 24.7 Å². The van der Waals surface area contributed by atoms with E-state index in [1.807, 2.05) is 30.9 Å². The average Bonchev–Trinajstić information content (AvgIpc) is 3.39. The maximum absolute atomic E-state index is 12.7. The topological polar surface area (TPSA) is 95.3 Å². The molecule has 7 heteroatoms. The van der Waals surface area contributed by atoms with E-state index in [1.54, 1.807) is 12.1 Å². The molecule has 1 amide bonds. The van der Waals surface area contributed by atoms with E-state index in [0.717, 1.165) is 11.3 Å². The Hall–Kier alpha value is -3.53. The van der Waals surface area contributed by atoms with E-state index in [4.69, 9.17) is 8.83 Å². The van der Waals surface area contributed by atoms with Crippen LogP contribution in [-0.4, -0.2) is 24.0 Å². The van der Waals surface area contributed by atoms with Crippen molar-refractivity contribution in [2.24, 2.45) is 5.92 Å². The summed E-state index contributed by atoms with van der Waals surface area (Å²) < 4.78 is 11.1. The smallest absolute Gasteiger partial charge is 0.266 e. The van der Waals surface area contributed by atoms with E-state index < -0.39 is 0 Å². The van der Waals surface area contributed by atoms with E-state index in [0.29, 0.717) is 37.6 Å². The van der Waals surface area contributed by atoms with E-state index in [1.165, 1.54) is 11.8 Å². The first-order chi connectivity index (χ1) is 14.0. The zero-order chi connectivity index (χ0) is 20.4. The molecule has 148 valence electrons. The Morgan fingerprint density at radius 3 is 2.72 bits per heavy atom. The van der Waals surface area contributed by atoms with Gasteiger partial charge in [0.2, 0.25) is 17.5 Å². The van der Waals surface area contributed by atoms with E-state index in [-0.39, 0.29) is 23.4 Å². The standard InChI is InChI=1S/C22H22N4O3/c1-14-5-6-17(15(2)12-14)24-20(27)16-7-9-26(10-8-16)22-18(13-23)25-21(29-22)19-4-3-11-28-19/h3-6,11-12,16H,7-10H2,1-2H3,(H,24,27). The van der Waals surface area contributed by atoms with Gasteiger partial charge in [0.25, 0.3) is 5.89 Å².